The topological polar surface area (TPSA) is 30.0 Å². The van der Waals surface area contributed by atoms with Gasteiger partial charge in [0.15, 0.2) is 5.78 Å². The minimum atomic E-state index is -0.476. The molecular weight excluding hydrogens is 237 g/mol. The van der Waals surface area contributed by atoms with E-state index in [-0.39, 0.29) is 5.78 Å². The van der Waals surface area contributed by atoms with E-state index in [0.717, 1.165) is 17.5 Å². The van der Waals surface area contributed by atoms with Gasteiger partial charge in [0.05, 0.1) is 6.20 Å². The van der Waals surface area contributed by atoms with Gasteiger partial charge in [0.1, 0.15) is 5.82 Å². The Hall–Kier alpha value is -1.55. The second-order valence-electron chi connectivity index (χ2n) is 3.71. The van der Waals surface area contributed by atoms with Gasteiger partial charge < -0.3 is 0 Å². The predicted octanol–water partition coefficient (Wildman–Crippen LogP) is 3.27. The maximum atomic E-state index is 12.9. The summed E-state index contributed by atoms with van der Waals surface area (Å²) in [7, 11) is 0. The number of rotatable bonds is 4. The highest BCUT2D eigenvalue weighted by atomic mass is 32.1. The smallest absolute Gasteiger partial charge is 0.169 e. The first-order valence-corrected chi connectivity index (χ1v) is 6.22. The monoisotopic (exact) mass is 249 g/mol. The van der Waals surface area contributed by atoms with Gasteiger partial charge in [0, 0.05) is 27.9 Å². The Morgan fingerprint density at radius 3 is 2.76 bits per heavy atom. The average molecular weight is 249 g/mol. The maximum Gasteiger partial charge on any atom is 0.169 e. The number of Topliss-reactive ketones (excluding diaryl/α,β-unsaturated/α-hetero) is 1. The Balaban J connectivity index is 2.11. The molecule has 88 valence electrons. The molecule has 0 spiro atoms. The molecule has 0 aliphatic carbocycles. The lowest BCUT2D eigenvalue weighted by atomic mass is 10.1. The van der Waals surface area contributed by atoms with Crippen molar-refractivity contribution in [3.63, 3.8) is 0 Å². The fourth-order valence-corrected chi connectivity index (χ4v) is 2.49. The van der Waals surface area contributed by atoms with E-state index in [1.807, 2.05) is 12.1 Å². The van der Waals surface area contributed by atoms with E-state index in [2.05, 4.69) is 11.9 Å². The number of halogens is 1. The van der Waals surface area contributed by atoms with Crippen LogP contribution >= 0.6 is 11.3 Å². The molecule has 0 aliphatic rings. The number of pyridine rings is 1. The van der Waals surface area contributed by atoms with Crippen LogP contribution in [0.5, 0.6) is 0 Å². The van der Waals surface area contributed by atoms with Crippen molar-refractivity contribution >= 4 is 17.1 Å². The molecule has 0 fully saturated rings. The Bertz CT molecular complexity index is 536. The van der Waals surface area contributed by atoms with E-state index >= 15 is 0 Å². The summed E-state index contributed by atoms with van der Waals surface area (Å²) in [4.78, 5) is 17.8. The number of hydrogen-bond acceptors (Lipinski definition) is 3. The van der Waals surface area contributed by atoms with Gasteiger partial charge in [0.2, 0.25) is 0 Å². The molecular formula is C13H12FNOS. The van der Waals surface area contributed by atoms with Crippen LogP contribution in [0.3, 0.4) is 0 Å². The molecule has 4 heteroatoms. The van der Waals surface area contributed by atoms with E-state index < -0.39 is 5.82 Å². The Labute approximate surface area is 103 Å². The molecule has 0 N–H and O–H groups in total. The van der Waals surface area contributed by atoms with Crippen LogP contribution in [0.4, 0.5) is 4.39 Å². The van der Waals surface area contributed by atoms with Gasteiger partial charge in [0.25, 0.3) is 0 Å². The second-order valence-corrected chi connectivity index (χ2v) is 4.97. The van der Waals surface area contributed by atoms with Crippen molar-refractivity contribution in [2.45, 2.75) is 19.8 Å². The molecule has 0 aromatic carbocycles. The van der Waals surface area contributed by atoms with Gasteiger partial charge in [-0.25, -0.2) is 4.39 Å². The van der Waals surface area contributed by atoms with E-state index in [9.17, 15) is 9.18 Å². The summed E-state index contributed by atoms with van der Waals surface area (Å²) in [6, 6.07) is 5.20. The Morgan fingerprint density at radius 1 is 1.35 bits per heavy atom. The van der Waals surface area contributed by atoms with Crippen molar-refractivity contribution in [3.8, 4) is 0 Å². The first kappa shape index (κ1) is 11.9. The van der Waals surface area contributed by atoms with Crippen LogP contribution in [0, 0.1) is 5.82 Å². The first-order chi connectivity index (χ1) is 8.19. The average Bonchev–Trinajstić information content (AvgIpc) is 2.77. The third kappa shape index (κ3) is 2.97. The molecule has 2 rings (SSSR count). The number of ketones is 1. The predicted molar refractivity (Wildman–Crippen MR) is 65.9 cm³/mol. The molecule has 2 aromatic heterocycles. The molecule has 0 atom stereocenters. The molecule has 0 saturated carbocycles. The highest BCUT2D eigenvalue weighted by Gasteiger charge is 2.10. The van der Waals surface area contributed by atoms with Gasteiger partial charge in [-0.15, -0.1) is 11.3 Å². The number of nitrogens with zero attached hydrogens (tertiary/aromatic N) is 1. The number of carbonyl (C=O) groups is 1. The van der Waals surface area contributed by atoms with Crippen molar-refractivity contribution in [1.29, 1.82) is 0 Å². The lowest BCUT2D eigenvalue weighted by Crippen LogP contribution is -2.03. The van der Waals surface area contributed by atoms with Crippen LogP contribution in [-0.2, 0) is 12.8 Å². The summed E-state index contributed by atoms with van der Waals surface area (Å²) in [5, 5.41) is 0. The highest BCUT2D eigenvalue weighted by molar-refractivity contribution is 7.12. The fourth-order valence-electron chi connectivity index (χ4n) is 1.53. The molecule has 0 saturated heterocycles. The van der Waals surface area contributed by atoms with Crippen molar-refractivity contribution in [3.05, 3.63) is 51.7 Å². The lowest BCUT2D eigenvalue weighted by Gasteiger charge is -1.98. The van der Waals surface area contributed by atoms with Crippen LogP contribution in [-0.4, -0.2) is 10.8 Å². The van der Waals surface area contributed by atoms with Crippen LogP contribution in [0.1, 0.15) is 27.0 Å². The van der Waals surface area contributed by atoms with Crippen LogP contribution in [0.15, 0.2) is 30.6 Å². The van der Waals surface area contributed by atoms with Crippen LogP contribution < -0.4 is 0 Å². The molecule has 0 unspecified atom stereocenters. The molecule has 0 amide bonds. The minimum Gasteiger partial charge on any atom is -0.294 e. The summed E-state index contributed by atoms with van der Waals surface area (Å²) in [5.41, 5.74) is 0.330. The van der Waals surface area contributed by atoms with Gasteiger partial charge in [-0.3, -0.25) is 9.78 Å². The van der Waals surface area contributed by atoms with Crippen LogP contribution in [0.2, 0.25) is 0 Å². The van der Waals surface area contributed by atoms with Gasteiger partial charge in [-0.05, 0) is 24.6 Å². The molecule has 0 radical (unpaired) electrons. The van der Waals surface area contributed by atoms with Gasteiger partial charge >= 0.3 is 0 Å². The quantitative estimate of drug-likeness (QED) is 0.778. The van der Waals surface area contributed by atoms with E-state index in [4.69, 9.17) is 0 Å². The largest absolute Gasteiger partial charge is 0.294 e. The van der Waals surface area contributed by atoms with Gasteiger partial charge in [-0.1, -0.05) is 6.92 Å². The standard InChI is InChI=1S/C13H12FNOS/c1-2-11-3-4-12(17-11)6-13(16)9-5-10(14)8-15-7-9/h3-5,7-8H,2,6H2,1H3. The van der Waals surface area contributed by atoms with Crippen molar-refractivity contribution in [2.24, 2.45) is 0 Å². The summed E-state index contributed by atoms with van der Waals surface area (Å²) in [6.45, 7) is 2.08. The van der Waals surface area contributed by atoms with Gasteiger partial charge in [-0.2, -0.15) is 0 Å². The Kier molecular flexibility index (Phi) is 3.64. The SMILES string of the molecule is CCc1ccc(CC(=O)c2cncc(F)c2)s1. The molecule has 2 nitrogen and oxygen atoms in total. The van der Waals surface area contributed by atoms with E-state index in [1.54, 1.807) is 11.3 Å². The molecule has 17 heavy (non-hydrogen) atoms. The number of thiophene rings is 1. The highest BCUT2D eigenvalue weighted by Crippen LogP contribution is 2.19. The zero-order chi connectivity index (χ0) is 12.3. The molecule has 2 aromatic rings. The molecule has 2 heterocycles. The lowest BCUT2D eigenvalue weighted by molar-refractivity contribution is 0.0993. The summed E-state index contributed by atoms with van der Waals surface area (Å²) in [5.74, 6) is -0.572. The number of hydrogen-bond donors (Lipinski definition) is 0. The Morgan fingerprint density at radius 2 is 2.12 bits per heavy atom. The third-order valence-electron chi connectivity index (χ3n) is 2.43. The molecule has 0 bridgehead atoms. The maximum absolute atomic E-state index is 12.9. The normalized spacial score (nSPS) is 10.5. The summed E-state index contributed by atoms with van der Waals surface area (Å²) < 4.78 is 12.9. The molecule has 0 aliphatic heterocycles. The van der Waals surface area contributed by atoms with E-state index in [1.165, 1.54) is 17.1 Å². The van der Waals surface area contributed by atoms with Crippen molar-refractivity contribution in [2.75, 3.05) is 0 Å². The zero-order valence-electron chi connectivity index (χ0n) is 9.44. The minimum absolute atomic E-state index is 0.0958. The number of carbonyl (C=O) groups excluding carboxylic acids is 1. The van der Waals surface area contributed by atoms with E-state index in [0.29, 0.717) is 12.0 Å². The first-order valence-electron chi connectivity index (χ1n) is 5.40. The summed E-state index contributed by atoms with van der Waals surface area (Å²) >= 11 is 1.63. The van der Waals surface area contributed by atoms with Crippen molar-refractivity contribution in [1.82, 2.24) is 4.98 Å². The number of aromatic nitrogens is 1. The zero-order valence-corrected chi connectivity index (χ0v) is 10.3. The fraction of sp³-hybridized carbons (Fsp3) is 0.231. The van der Waals surface area contributed by atoms with Crippen LogP contribution in [0.25, 0.3) is 0 Å². The third-order valence-corrected chi connectivity index (χ3v) is 3.66. The summed E-state index contributed by atoms with van der Waals surface area (Å²) in [6.07, 6.45) is 3.78. The van der Waals surface area contributed by atoms with Crippen molar-refractivity contribution < 1.29 is 9.18 Å². The number of aryl methyl sites for hydroxylation is 1. The second kappa shape index (κ2) is 5.19.